The molecule has 0 amide bonds. The standard InChI is InChI=1S/C18H23NO/c1-14(2)16-10-11-17(19(3)4)18(12-16)20-13-15-8-6-5-7-9-15/h5-12,14H,13H2,1-4H3. The van der Waals surface area contributed by atoms with Gasteiger partial charge in [0, 0.05) is 14.1 Å². The van der Waals surface area contributed by atoms with Crippen molar-refractivity contribution in [3.05, 3.63) is 59.7 Å². The van der Waals surface area contributed by atoms with Crippen LogP contribution in [0.15, 0.2) is 48.5 Å². The predicted octanol–water partition coefficient (Wildman–Crippen LogP) is 4.46. The lowest BCUT2D eigenvalue weighted by Crippen LogP contribution is -2.11. The zero-order valence-corrected chi connectivity index (χ0v) is 12.8. The number of ether oxygens (including phenoxy) is 1. The van der Waals surface area contributed by atoms with Crippen LogP contribution in [0.25, 0.3) is 0 Å². The average Bonchev–Trinajstić information content (AvgIpc) is 2.45. The number of rotatable bonds is 5. The largest absolute Gasteiger partial charge is 0.487 e. The lowest BCUT2D eigenvalue weighted by atomic mass is 10.0. The molecule has 0 saturated carbocycles. The summed E-state index contributed by atoms with van der Waals surface area (Å²) < 4.78 is 6.03. The third kappa shape index (κ3) is 3.53. The summed E-state index contributed by atoms with van der Waals surface area (Å²) in [7, 11) is 4.08. The molecule has 0 unspecified atom stereocenters. The molecular weight excluding hydrogens is 246 g/mol. The third-order valence-electron chi connectivity index (χ3n) is 3.37. The molecular formula is C18H23NO. The van der Waals surface area contributed by atoms with Crippen molar-refractivity contribution in [3.63, 3.8) is 0 Å². The third-order valence-corrected chi connectivity index (χ3v) is 3.37. The molecule has 0 heterocycles. The molecule has 2 aromatic carbocycles. The van der Waals surface area contributed by atoms with Crippen molar-refractivity contribution < 1.29 is 4.74 Å². The van der Waals surface area contributed by atoms with E-state index in [4.69, 9.17) is 4.74 Å². The van der Waals surface area contributed by atoms with E-state index in [9.17, 15) is 0 Å². The fourth-order valence-electron chi connectivity index (χ4n) is 2.11. The fraction of sp³-hybridized carbons (Fsp3) is 0.333. The lowest BCUT2D eigenvalue weighted by molar-refractivity contribution is 0.306. The molecule has 2 rings (SSSR count). The summed E-state index contributed by atoms with van der Waals surface area (Å²) in [5, 5.41) is 0. The molecule has 20 heavy (non-hydrogen) atoms. The molecule has 0 saturated heterocycles. The van der Waals surface area contributed by atoms with Crippen molar-refractivity contribution in [2.45, 2.75) is 26.4 Å². The zero-order chi connectivity index (χ0) is 14.5. The van der Waals surface area contributed by atoms with Gasteiger partial charge in [-0.2, -0.15) is 0 Å². The Morgan fingerprint density at radius 3 is 2.30 bits per heavy atom. The van der Waals surface area contributed by atoms with Crippen LogP contribution >= 0.6 is 0 Å². The van der Waals surface area contributed by atoms with Gasteiger partial charge in [-0.1, -0.05) is 50.2 Å². The van der Waals surface area contributed by atoms with Crippen LogP contribution in [0, 0.1) is 0 Å². The first kappa shape index (κ1) is 14.4. The highest BCUT2D eigenvalue weighted by molar-refractivity contribution is 5.59. The maximum absolute atomic E-state index is 6.03. The summed E-state index contributed by atoms with van der Waals surface area (Å²) in [6.07, 6.45) is 0. The van der Waals surface area contributed by atoms with Crippen LogP contribution in [0.3, 0.4) is 0 Å². The molecule has 0 radical (unpaired) electrons. The summed E-state index contributed by atoms with van der Waals surface area (Å²) in [5.41, 5.74) is 3.61. The zero-order valence-electron chi connectivity index (χ0n) is 12.8. The van der Waals surface area contributed by atoms with Gasteiger partial charge < -0.3 is 9.64 Å². The maximum atomic E-state index is 6.03. The Kier molecular flexibility index (Phi) is 4.67. The Labute approximate surface area is 122 Å². The SMILES string of the molecule is CC(C)c1ccc(N(C)C)c(OCc2ccccc2)c1. The van der Waals surface area contributed by atoms with E-state index >= 15 is 0 Å². The van der Waals surface area contributed by atoms with Gasteiger partial charge >= 0.3 is 0 Å². The second-order valence-corrected chi connectivity index (χ2v) is 5.55. The minimum atomic E-state index is 0.505. The highest BCUT2D eigenvalue weighted by atomic mass is 16.5. The number of benzene rings is 2. The number of hydrogen-bond acceptors (Lipinski definition) is 2. The topological polar surface area (TPSA) is 12.5 Å². The molecule has 2 nitrogen and oxygen atoms in total. The monoisotopic (exact) mass is 269 g/mol. The van der Waals surface area contributed by atoms with Gasteiger partial charge in [-0.25, -0.2) is 0 Å². The van der Waals surface area contributed by atoms with Crippen molar-refractivity contribution in [2.24, 2.45) is 0 Å². The average molecular weight is 269 g/mol. The van der Waals surface area contributed by atoms with E-state index in [1.807, 2.05) is 32.3 Å². The molecule has 0 fully saturated rings. The van der Waals surface area contributed by atoms with Crippen LogP contribution in [0.1, 0.15) is 30.9 Å². The molecule has 0 spiro atoms. The smallest absolute Gasteiger partial charge is 0.143 e. The van der Waals surface area contributed by atoms with Gasteiger partial charge in [0.2, 0.25) is 0 Å². The molecule has 0 atom stereocenters. The Bertz CT molecular complexity index is 547. The van der Waals surface area contributed by atoms with Gasteiger partial charge in [-0.05, 0) is 29.2 Å². The summed E-state index contributed by atoms with van der Waals surface area (Å²) in [6, 6.07) is 16.7. The Hall–Kier alpha value is -1.96. The Balaban J connectivity index is 2.21. The van der Waals surface area contributed by atoms with Crippen LogP contribution in [-0.4, -0.2) is 14.1 Å². The normalized spacial score (nSPS) is 10.7. The molecule has 106 valence electrons. The molecule has 0 aliphatic heterocycles. The molecule has 2 heteroatoms. The van der Waals surface area contributed by atoms with Gasteiger partial charge in [-0.3, -0.25) is 0 Å². The summed E-state index contributed by atoms with van der Waals surface area (Å²) in [5.74, 6) is 1.45. The van der Waals surface area contributed by atoms with Crippen molar-refractivity contribution in [2.75, 3.05) is 19.0 Å². The van der Waals surface area contributed by atoms with E-state index in [-0.39, 0.29) is 0 Å². The molecule has 0 aliphatic rings. The molecule has 0 aromatic heterocycles. The highest BCUT2D eigenvalue weighted by Crippen LogP contribution is 2.31. The highest BCUT2D eigenvalue weighted by Gasteiger charge is 2.09. The summed E-state index contributed by atoms with van der Waals surface area (Å²) >= 11 is 0. The fourth-order valence-corrected chi connectivity index (χ4v) is 2.11. The molecule has 0 aliphatic carbocycles. The van der Waals surface area contributed by atoms with Crippen molar-refractivity contribution in [1.82, 2.24) is 0 Å². The van der Waals surface area contributed by atoms with Crippen LogP contribution in [0.5, 0.6) is 5.75 Å². The maximum Gasteiger partial charge on any atom is 0.143 e. The molecule has 2 aromatic rings. The number of nitrogens with zero attached hydrogens (tertiary/aromatic N) is 1. The summed E-state index contributed by atoms with van der Waals surface area (Å²) in [6.45, 7) is 5.00. The number of anilines is 1. The first-order valence-electron chi connectivity index (χ1n) is 7.06. The van der Waals surface area contributed by atoms with Crippen LogP contribution in [0.4, 0.5) is 5.69 Å². The van der Waals surface area contributed by atoms with Gasteiger partial charge in [0.25, 0.3) is 0 Å². The van der Waals surface area contributed by atoms with Crippen molar-refractivity contribution >= 4 is 5.69 Å². The van der Waals surface area contributed by atoms with Gasteiger partial charge in [0.1, 0.15) is 12.4 Å². The van der Waals surface area contributed by atoms with Crippen LogP contribution in [0.2, 0.25) is 0 Å². The quantitative estimate of drug-likeness (QED) is 0.795. The lowest BCUT2D eigenvalue weighted by Gasteiger charge is -2.20. The minimum absolute atomic E-state index is 0.505. The van der Waals surface area contributed by atoms with E-state index in [1.54, 1.807) is 0 Å². The summed E-state index contributed by atoms with van der Waals surface area (Å²) in [4.78, 5) is 2.09. The van der Waals surface area contributed by atoms with Gasteiger partial charge in [-0.15, -0.1) is 0 Å². The van der Waals surface area contributed by atoms with E-state index in [0.29, 0.717) is 12.5 Å². The minimum Gasteiger partial charge on any atom is -0.487 e. The van der Waals surface area contributed by atoms with E-state index < -0.39 is 0 Å². The Morgan fingerprint density at radius 2 is 1.70 bits per heavy atom. The molecule has 0 N–H and O–H groups in total. The van der Waals surface area contributed by atoms with Crippen LogP contribution in [-0.2, 0) is 6.61 Å². The first-order valence-corrected chi connectivity index (χ1v) is 7.06. The van der Waals surface area contributed by atoms with Gasteiger partial charge in [0.15, 0.2) is 0 Å². The second kappa shape index (κ2) is 6.47. The van der Waals surface area contributed by atoms with Crippen LogP contribution < -0.4 is 9.64 Å². The van der Waals surface area contributed by atoms with Crippen molar-refractivity contribution in [1.29, 1.82) is 0 Å². The second-order valence-electron chi connectivity index (χ2n) is 5.55. The van der Waals surface area contributed by atoms with E-state index in [1.165, 1.54) is 11.1 Å². The van der Waals surface area contributed by atoms with E-state index in [2.05, 4.69) is 49.1 Å². The number of hydrogen-bond donors (Lipinski definition) is 0. The van der Waals surface area contributed by atoms with Crippen molar-refractivity contribution in [3.8, 4) is 5.75 Å². The van der Waals surface area contributed by atoms with E-state index in [0.717, 1.165) is 11.4 Å². The Morgan fingerprint density at radius 1 is 1.00 bits per heavy atom. The predicted molar refractivity (Wildman–Crippen MR) is 85.6 cm³/mol. The first-order chi connectivity index (χ1) is 9.58. The molecule has 0 bridgehead atoms. The van der Waals surface area contributed by atoms with Gasteiger partial charge in [0.05, 0.1) is 5.69 Å².